The number of amides is 6. The van der Waals surface area contributed by atoms with Gasteiger partial charge in [-0.05, 0) is 259 Å². The van der Waals surface area contributed by atoms with Crippen molar-refractivity contribution in [3.63, 3.8) is 0 Å². The highest BCUT2D eigenvalue weighted by Gasteiger charge is 2.39. The summed E-state index contributed by atoms with van der Waals surface area (Å²) in [7, 11) is 0. The maximum atomic E-state index is 13.0. The molecule has 0 atom stereocenters. The summed E-state index contributed by atoms with van der Waals surface area (Å²) < 4.78 is 34.9. The Bertz CT molecular complexity index is 4730. The van der Waals surface area contributed by atoms with E-state index in [9.17, 15) is 28.8 Å². The number of halogens is 5. The summed E-state index contributed by atoms with van der Waals surface area (Å²) in [6, 6.07) is 31.3. The number of carbonyl (C=O) groups is 6. The van der Waals surface area contributed by atoms with Gasteiger partial charge in [0.05, 0.1) is 17.9 Å². The number of nitrogens with two attached hydrogens (primary N) is 2. The number of nitrogens with zero attached hydrogens (tertiary/aromatic N) is 9. The van der Waals surface area contributed by atoms with Gasteiger partial charge in [0.1, 0.15) is 39.4 Å². The monoisotopic (exact) mass is 1820 g/mol. The molecule has 110 heavy (non-hydrogen) atoms. The molecule has 0 bridgehead atoms. The molecule has 0 aliphatic heterocycles. The lowest BCUT2D eigenvalue weighted by atomic mass is 10.1. The van der Waals surface area contributed by atoms with Crippen LogP contribution in [0.1, 0.15) is 147 Å². The summed E-state index contributed by atoms with van der Waals surface area (Å²) in [4.78, 5) is 105. The lowest BCUT2D eigenvalue weighted by Gasteiger charge is -2.28. The third-order valence-electron chi connectivity index (χ3n) is 14.4. The number of anilines is 6. The first-order valence-corrected chi connectivity index (χ1v) is 38.9. The number of hydrogen-bond donors (Lipinski definition) is 4. The van der Waals surface area contributed by atoms with Crippen molar-refractivity contribution in [3.8, 4) is 0 Å². The minimum Gasteiger partial charge on any atom is -0.443 e. The van der Waals surface area contributed by atoms with Gasteiger partial charge in [0.15, 0.2) is 17.5 Å². The van der Waals surface area contributed by atoms with Gasteiger partial charge in [-0.15, -0.1) is 0 Å². The third kappa shape index (κ3) is 26.0. The fraction of sp³-hybridized carbons (Fsp3) is 0.350. The number of pyridine rings is 6. The topological polar surface area (TPSA) is 321 Å². The zero-order chi connectivity index (χ0) is 81.6. The molecular formula is C80H92Br5N13O12. The summed E-state index contributed by atoms with van der Waals surface area (Å²) in [5.41, 5.74) is 12.9. The lowest BCUT2D eigenvalue weighted by molar-refractivity contribution is 0.0406. The van der Waals surface area contributed by atoms with Crippen LogP contribution >= 0.6 is 79.6 Å². The molecule has 0 spiro atoms. The van der Waals surface area contributed by atoms with E-state index >= 15 is 0 Å². The molecule has 10 aromatic rings. The molecule has 0 fully saturated rings. The van der Waals surface area contributed by atoms with Crippen LogP contribution in [0, 0.1) is 0 Å². The van der Waals surface area contributed by atoms with Crippen molar-refractivity contribution in [2.75, 3.05) is 31.1 Å². The fourth-order valence-electron chi connectivity index (χ4n) is 9.71. The fourth-order valence-corrected chi connectivity index (χ4v) is 12.4. The molecule has 0 saturated heterocycles. The lowest BCUT2D eigenvalue weighted by Crippen LogP contribution is -2.44. The van der Waals surface area contributed by atoms with Gasteiger partial charge < -0.3 is 50.5 Å². The van der Waals surface area contributed by atoms with E-state index in [0.29, 0.717) is 37.7 Å². The molecule has 0 aliphatic carbocycles. The average molecular weight is 1830 g/mol. The van der Waals surface area contributed by atoms with Crippen molar-refractivity contribution in [1.82, 2.24) is 29.9 Å². The zero-order valence-electron chi connectivity index (χ0n) is 64.7. The highest BCUT2D eigenvalue weighted by Crippen LogP contribution is 2.39. The molecule has 4 aromatic carbocycles. The number of nitrogens with one attached hydrogen (secondary N) is 2. The Balaban J connectivity index is 0.000000207. The van der Waals surface area contributed by atoms with Gasteiger partial charge in [-0.25, -0.2) is 48.7 Å². The number of ether oxygens (including phenoxy) is 6. The molecule has 584 valence electrons. The molecule has 6 aromatic heterocycles. The molecule has 0 radical (unpaired) electrons. The predicted molar refractivity (Wildman–Crippen MR) is 451 cm³/mol. The highest BCUT2D eigenvalue weighted by molar-refractivity contribution is 9.11. The first-order chi connectivity index (χ1) is 51.2. The van der Waals surface area contributed by atoms with Crippen LogP contribution in [0.2, 0.25) is 0 Å². The van der Waals surface area contributed by atoms with E-state index in [1.165, 1.54) is 5.56 Å². The van der Waals surface area contributed by atoms with Gasteiger partial charge in [0, 0.05) is 129 Å². The third-order valence-corrected chi connectivity index (χ3v) is 18.2. The number of carbonyl (C=O) groups excluding carboxylic acids is 6. The number of aromatic nitrogens is 6. The zero-order valence-corrected chi connectivity index (χ0v) is 72.6. The van der Waals surface area contributed by atoms with E-state index in [1.54, 1.807) is 174 Å². The van der Waals surface area contributed by atoms with Crippen LogP contribution in [0.4, 0.5) is 63.4 Å². The Hall–Kier alpha value is -9.20. The van der Waals surface area contributed by atoms with Crippen molar-refractivity contribution >= 4 is 194 Å². The predicted octanol–water partition coefficient (Wildman–Crippen LogP) is 22.0. The van der Waals surface area contributed by atoms with Crippen LogP contribution < -0.4 is 36.8 Å². The largest absolute Gasteiger partial charge is 0.443 e. The van der Waals surface area contributed by atoms with Gasteiger partial charge in [0.25, 0.3) is 0 Å². The molecule has 30 heteroatoms. The summed E-state index contributed by atoms with van der Waals surface area (Å²) in [5.74, 6) is 0.805. The van der Waals surface area contributed by atoms with Crippen LogP contribution in [0.25, 0.3) is 43.1 Å². The Labute approximate surface area is 682 Å². The van der Waals surface area contributed by atoms with Crippen molar-refractivity contribution < 1.29 is 57.2 Å². The molecule has 6 heterocycles. The Morgan fingerprint density at radius 2 is 0.609 bits per heavy atom. The number of rotatable bonds is 11. The standard InChI is InChI=1S/C25H29BrN4O4.C20H24Br2N2O4.C20H26BrN3O4.C15H13BrN4/c1-24(2,3)33-22(31)30(23(32)34-25(4,5)6)21-20(26)19-13-16(7-8-17(19)15-29-21)14-28-18-9-11-27-12-10-18;1-19(2,3)27-17(25)24(18(26)28-20(4,5)6)16-15(22)14-9-12(10-21)7-8-13(14)11-23-16;1-19(2,3)27-17(25)24(18(26)28-20(4,5)6)16-15(21)14-9-12(10-22)7-8-13(14)11-23-16;16-14-13-7-10(1-2-11(13)9-20-15(14)17)8-19-12-3-5-18-6-4-12/h7-13,15H,14H2,1-6H3,(H,27,28);7-9,11H,10H2,1-6H3;7-9,11H,10,22H2,1-6H3;1-7,9H,8H2,(H2,17,20)(H,18,19). The maximum absolute atomic E-state index is 13.0. The normalized spacial score (nSPS) is 11.7. The first kappa shape index (κ1) is 88.0. The van der Waals surface area contributed by atoms with E-state index in [0.717, 1.165) is 96.9 Å². The number of fused-ring (bicyclic) bond motifs is 4. The van der Waals surface area contributed by atoms with E-state index in [2.05, 4.69) is 138 Å². The minimum atomic E-state index is -0.871. The van der Waals surface area contributed by atoms with E-state index in [1.807, 2.05) is 78.9 Å². The second-order valence-corrected chi connectivity index (χ2v) is 34.5. The average Bonchev–Trinajstić information content (AvgIpc) is 0.790. The Kier molecular flexibility index (Phi) is 29.8. The van der Waals surface area contributed by atoms with Gasteiger partial charge in [-0.1, -0.05) is 64.5 Å². The van der Waals surface area contributed by atoms with E-state index < -0.39 is 70.2 Å². The van der Waals surface area contributed by atoms with Gasteiger partial charge in [-0.3, -0.25) is 9.97 Å². The summed E-state index contributed by atoms with van der Waals surface area (Å²) in [5, 5.41) is 14.4. The van der Waals surface area contributed by atoms with Crippen molar-refractivity contribution in [2.45, 2.75) is 183 Å². The second kappa shape index (κ2) is 37.2. The minimum absolute atomic E-state index is 0.0881. The van der Waals surface area contributed by atoms with Crippen LogP contribution in [0.5, 0.6) is 0 Å². The molecule has 0 aliphatic rings. The molecule has 6 amide bonds. The molecular weight excluding hydrogens is 1730 g/mol. The van der Waals surface area contributed by atoms with E-state index in [4.69, 9.17) is 39.9 Å². The summed E-state index contributed by atoms with van der Waals surface area (Å²) in [6.45, 7) is 32.7. The second-order valence-electron chi connectivity index (χ2n) is 30.7. The molecule has 6 N–H and O–H groups in total. The van der Waals surface area contributed by atoms with Gasteiger partial charge >= 0.3 is 36.6 Å². The number of hydrogen-bond acceptors (Lipinski definition) is 22. The van der Waals surface area contributed by atoms with E-state index in [-0.39, 0.29) is 17.5 Å². The Morgan fingerprint density at radius 1 is 0.364 bits per heavy atom. The number of nitrogen functional groups attached to an aromatic ring is 1. The van der Waals surface area contributed by atoms with Crippen LogP contribution in [0.15, 0.2) is 165 Å². The van der Waals surface area contributed by atoms with Crippen LogP contribution in [-0.4, -0.2) is 100 Å². The smallest absolute Gasteiger partial charge is 0.425 e. The molecule has 25 nitrogen and oxygen atoms in total. The SMILES string of the molecule is CC(C)(C)OC(=O)N(C(=O)OC(C)(C)C)c1ncc2ccc(CBr)cc2c1Br.CC(C)(C)OC(=O)N(C(=O)OC(C)(C)C)c1ncc2ccc(CN)cc2c1Br.CC(C)(C)OC(=O)N(C(=O)OC(C)(C)C)c1ncc2ccc(CNc3ccncc3)cc2c1Br.Nc1ncc2ccc(CNc3ccncc3)cc2c1Br. The summed E-state index contributed by atoms with van der Waals surface area (Å²) >= 11 is 17.5. The summed E-state index contributed by atoms with van der Waals surface area (Å²) in [6.07, 6.45) is 8.37. The molecule has 0 saturated carbocycles. The maximum Gasteiger partial charge on any atom is 0.425 e. The van der Waals surface area contributed by atoms with Crippen molar-refractivity contribution in [3.05, 3.63) is 187 Å². The molecule has 0 unspecified atom stereocenters. The highest BCUT2D eigenvalue weighted by atomic mass is 79.9. The quantitative estimate of drug-likeness (QED) is 0.0690. The van der Waals surface area contributed by atoms with Crippen molar-refractivity contribution in [1.29, 1.82) is 0 Å². The number of imide groups is 3. The van der Waals surface area contributed by atoms with Crippen molar-refractivity contribution in [2.24, 2.45) is 5.73 Å². The Morgan fingerprint density at radius 3 is 0.882 bits per heavy atom. The first-order valence-electron chi connectivity index (χ1n) is 34.6. The van der Waals surface area contributed by atoms with Crippen LogP contribution in [0.3, 0.4) is 0 Å². The van der Waals surface area contributed by atoms with Gasteiger partial charge in [0.2, 0.25) is 0 Å². The molecule has 10 rings (SSSR count). The number of alkyl halides is 1. The van der Waals surface area contributed by atoms with Gasteiger partial charge in [-0.2, -0.15) is 14.7 Å². The van der Waals surface area contributed by atoms with Crippen LogP contribution in [-0.2, 0) is 53.4 Å². The number of benzene rings is 4.